The van der Waals surface area contributed by atoms with Gasteiger partial charge in [0.2, 0.25) is 0 Å². The lowest BCUT2D eigenvalue weighted by atomic mass is 10.1. The monoisotopic (exact) mass is 385 g/mol. The van der Waals surface area contributed by atoms with Crippen LogP contribution in [0.15, 0.2) is 42.5 Å². The number of anilines is 1. The van der Waals surface area contributed by atoms with E-state index in [1.807, 2.05) is 36.1 Å². The maximum absolute atomic E-state index is 13.0. The fourth-order valence-corrected chi connectivity index (χ4v) is 3.28. The lowest BCUT2D eigenvalue weighted by Gasteiger charge is -2.30. The number of morpholine rings is 1. The molecular weight excluding hydrogens is 362 g/mol. The predicted molar refractivity (Wildman–Crippen MR) is 105 cm³/mol. The molecule has 0 radical (unpaired) electrons. The first-order valence-electron chi connectivity index (χ1n) is 9.06. The average Bonchev–Trinajstić information content (AvgIpc) is 2.73. The Morgan fingerprint density at radius 1 is 1.25 bits per heavy atom. The lowest BCUT2D eigenvalue weighted by molar-refractivity contribution is -0.384. The summed E-state index contributed by atoms with van der Waals surface area (Å²) >= 11 is 0. The number of ether oxygens (including phenoxy) is 2. The van der Waals surface area contributed by atoms with Gasteiger partial charge in [-0.15, -0.1) is 0 Å². The number of carbonyl (C=O) groups excluding carboxylic acids is 1. The first-order valence-corrected chi connectivity index (χ1v) is 9.06. The zero-order valence-corrected chi connectivity index (χ0v) is 15.9. The molecule has 1 aliphatic rings. The predicted octanol–water partition coefficient (Wildman–Crippen LogP) is 2.93. The molecule has 1 amide bonds. The molecule has 2 aromatic rings. The number of hydrogen-bond acceptors (Lipinski definition) is 6. The highest BCUT2D eigenvalue weighted by Gasteiger charge is 2.23. The molecule has 1 N–H and O–H groups in total. The Kier molecular flexibility index (Phi) is 6.10. The Labute approximate surface area is 163 Å². The van der Waals surface area contributed by atoms with Crippen molar-refractivity contribution < 1.29 is 19.2 Å². The topological polar surface area (TPSA) is 93.9 Å². The lowest BCUT2D eigenvalue weighted by Crippen LogP contribution is -2.38. The molecule has 1 heterocycles. The van der Waals surface area contributed by atoms with Crippen LogP contribution >= 0.6 is 0 Å². The molecule has 148 valence electrons. The molecule has 0 spiro atoms. The minimum atomic E-state index is -0.497. The molecule has 0 aliphatic carbocycles. The van der Waals surface area contributed by atoms with E-state index in [1.54, 1.807) is 13.2 Å². The van der Waals surface area contributed by atoms with Crippen molar-refractivity contribution >= 4 is 17.3 Å². The van der Waals surface area contributed by atoms with Crippen molar-refractivity contribution in [2.45, 2.75) is 13.0 Å². The maximum atomic E-state index is 13.0. The van der Waals surface area contributed by atoms with Gasteiger partial charge >= 0.3 is 0 Å². The van der Waals surface area contributed by atoms with Crippen LogP contribution in [-0.4, -0.2) is 44.2 Å². The molecule has 8 heteroatoms. The van der Waals surface area contributed by atoms with Crippen LogP contribution in [0.5, 0.6) is 5.75 Å². The maximum Gasteiger partial charge on any atom is 0.270 e. The van der Waals surface area contributed by atoms with Crippen LogP contribution in [0, 0.1) is 10.1 Å². The van der Waals surface area contributed by atoms with Crippen LogP contribution in [0.3, 0.4) is 0 Å². The molecule has 1 fully saturated rings. The largest absolute Gasteiger partial charge is 0.496 e. The molecule has 3 rings (SSSR count). The van der Waals surface area contributed by atoms with Crippen molar-refractivity contribution in [3.63, 3.8) is 0 Å². The summed E-state index contributed by atoms with van der Waals surface area (Å²) < 4.78 is 10.7. The molecule has 1 saturated heterocycles. The first-order chi connectivity index (χ1) is 13.5. The number of amides is 1. The molecule has 0 aromatic heterocycles. The van der Waals surface area contributed by atoms with E-state index in [-0.39, 0.29) is 23.2 Å². The Hall–Kier alpha value is -3.13. The van der Waals surface area contributed by atoms with Gasteiger partial charge in [0, 0.05) is 30.8 Å². The van der Waals surface area contributed by atoms with Crippen LogP contribution in [0.4, 0.5) is 11.4 Å². The second-order valence-electron chi connectivity index (χ2n) is 6.50. The smallest absolute Gasteiger partial charge is 0.270 e. The van der Waals surface area contributed by atoms with E-state index in [4.69, 9.17) is 9.47 Å². The molecular formula is C20H23N3O5. The summed E-state index contributed by atoms with van der Waals surface area (Å²) in [4.78, 5) is 25.8. The molecule has 1 unspecified atom stereocenters. The summed E-state index contributed by atoms with van der Waals surface area (Å²) in [6.07, 6.45) is 0. The van der Waals surface area contributed by atoms with Gasteiger partial charge in [-0.1, -0.05) is 18.2 Å². The van der Waals surface area contributed by atoms with Crippen LogP contribution < -0.4 is 15.0 Å². The third kappa shape index (κ3) is 4.23. The fraction of sp³-hybridized carbons (Fsp3) is 0.350. The molecule has 8 nitrogen and oxygen atoms in total. The number of rotatable bonds is 6. The average molecular weight is 385 g/mol. The van der Waals surface area contributed by atoms with Crippen LogP contribution in [0.2, 0.25) is 0 Å². The van der Waals surface area contributed by atoms with E-state index in [1.165, 1.54) is 12.1 Å². The summed E-state index contributed by atoms with van der Waals surface area (Å²) in [5.41, 5.74) is 1.65. The standard InChI is InChI=1S/C20H23N3O5/c1-14(16-5-3-4-6-19(16)27-2)21-20(24)17-13-15(23(25)26)7-8-18(17)22-9-11-28-12-10-22/h3-8,13-14H,9-12H2,1-2H3,(H,21,24). The van der Waals surface area contributed by atoms with Gasteiger partial charge in [0.15, 0.2) is 0 Å². The number of benzene rings is 2. The van der Waals surface area contributed by atoms with E-state index < -0.39 is 4.92 Å². The minimum absolute atomic E-state index is 0.118. The van der Waals surface area contributed by atoms with Gasteiger partial charge in [-0.25, -0.2) is 0 Å². The van der Waals surface area contributed by atoms with Crippen LogP contribution in [0.1, 0.15) is 28.9 Å². The Bertz CT molecular complexity index is 865. The number of nitrogens with zero attached hydrogens (tertiary/aromatic N) is 2. The zero-order chi connectivity index (χ0) is 20.1. The van der Waals surface area contributed by atoms with Crippen molar-refractivity contribution in [2.75, 3.05) is 38.3 Å². The summed E-state index contributed by atoms with van der Waals surface area (Å²) in [5.74, 6) is 0.298. The number of nitrogens with one attached hydrogen (secondary N) is 1. The number of carbonyl (C=O) groups is 1. The van der Waals surface area contributed by atoms with Crippen molar-refractivity contribution in [3.05, 3.63) is 63.7 Å². The second-order valence-corrected chi connectivity index (χ2v) is 6.50. The quantitative estimate of drug-likeness (QED) is 0.607. The Balaban J connectivity index is 1.90. The van der Waals surface area contributed by atoms with Gasteiger partial charge in [-0.2, -0.15) is 0 Å². The van der Waals surface area contributed by atoms with Gasteiger partial charge in [-0.3, -0.25) is 14.9 Å². The highest BCUT2D eigenvalue weighted by atomic mass is 16.6. The Morgan fingerprint density at radius 2 is 1.96 bits per heavy atom. The number of nitro benzene ring substituents is 1. The number of hydrogen-bond donors (Lipinski definition) is 1. The second kappa shape index (κ2) is 8.71. The molecule has 1 aliphatic heterocycles. The van der Waals surface area contributed by atoms with E-state index in [0.29, 0.717) is 37.7 Å². The summed E-state index contributed by atoms with van der Waals surface area (Å²) in [7, 11) is 1.57. The molecule has 28 heavy (non-hydrogen) atoms. The molecule has 0 saturated carbocycles. The summed E-state index contributed by atoms with van der Waals surface area (Å²) in [5, 5.41) is 14.1. The first kappa shape index (κ1) is 19.6. The van der Waals surface area contributed by atoms with Gasteiger partial charge in [0.25, 0.3) is 11.6 Å². The third-order valence-corrected chi connectivity index (χ3v) is 4.74. The number of nitro groups is 1. The van der Waals surface area contributed by atoms with Gasteiger partial charge in [0.1, 0.15) is 5.75 Å². The molecule has 0 bridgehead atoms. The van der Waals surface area contributed by atoms with E-state index in [9.17, 15) is 14.9 Å². The molecule has 1 atom stereocenters. The van der Waals surface area contributed by atoms with E-state index in [2.05, 4.69) is 5.32 Å². The Morgan fingerprint density at radius 3 is 2.64 bits per heavy atom. The number of non-ortho nitro benzene ring substituents is 1. The van der Waals surface area contributed by atoms with Crippen LogP contribution in [-0.2, 0) is 4.74 Å². The molecule has 2 aromatic carbocycles. The van der Waals surface area contributed by atoms with Gasteiger partial charge in [0.05, 0.1) is 42.5 Å². The van der Waals surface area contributed by atoms with Crippen molar-refractivity contribution in [1.29, 1.82) is 0 Å². The third-order valence-electron chi connectivity index (χ3n) is 4.74. The van der Waals surface area contributed by atoms with Gasteiger partial charge < -0.3 is 19.7 Å². The minimum Gasteiger partial charge on any atom is -0.496 e. The summed E-state index contributed by atoms with van der Waals surface area (Å²) in [6, 6.07) is 11.5. The number of methoxy groups -OCH3 is 1. The summed E-state index contributed by atoms with van der Waals surface area (Å²) in [6.45, 7) is 4.20. The SMILES string of the molecule is COc1ccccc1C(C)NC(=O)c1cc([N+](=O)[O-])ccc1N1CCOCC1. The number of para-hydroxylation sites is 1. The highest BCUT2D eigenvalue weighted by molar-refractivity contribution is 6.00. The zero-order valence-electron chi connectivity index (χ0n) is 15.9. The van der Waals surface area contributed by atoms with Crippen molar-refractivity contribution in [1.82, 2.24) is 5.32 Å². The van der Waals surface area contributed by atoms with E-state index in [0.717, 1.165) is 5.56 Å². The van der Waals surface area contributed by atoms with E-state index >= 15 is 0 Å². The fourth-order valence-electron chi connectivity index (χ4n) is 3.28. The van der Waals surface area contributed by atoms with Crippen molar-refractivity contribution in [3.8, 4) is 5.75 Å². The van der Waals surface area contributed by atoms with Gasteiger partial charge in [-0.05, 0) is 19.1 Å². The van der Waals surface area contributed by atoms with Crippen molar-refractivity contribution in [2.24, 2.45) is 0 Å². The van der Waals surface area contributed by atoms with Crippen LogP contribution in [0.25, 0.3) is 0 Å². The highest BCUT2D eigenvalue weighted by Crippen LogP contribution is 2.29. The normalized spacial score (nSPS) is 15.0.